The molecule has 0 saturated carbocycles. The quantitative estimate of drug-likeness (QED) is 0.826. The highest BCUT2D eigenvalue weighted by Gasteiger charge is 2.20. The maximum absolute atomic E-state index is 11.9. The summed E-state index contributed by atoms with van der Waals surface area (Å²) in [4.78, 5) is 15.8. The summed E-state index contributed by atoms with van der Waals surface area (Å²) >= 11 is 0. The minimum absolute atomic E-state index is 0.211. The lowest BCUT2D eigenvalue weighted by atomic mass is 10.1. The van der Waals surface area contributed by atoms with Gasteiger partial charge in [0, 0.05) is 36.7 Å². The molecule has 2 aromatic rings. The van der Waals surface area contributed by atoms with E-state index in [1.807, 2.05) is 26.1 Å². The van der Waals surface area contributed by atoms with Crippen LogP contribution in [0.5, 0.6) is 0 Å². The summed E-state index contributed by atoms with van der Waals surface area (Å²) in [7, 11) is 0. The van der Waals surface area contributed by atoms with Gasteiger partial charge < -0.3 is 4.74 Å². The Morgan fingerprint density at radius 3 is 2.95 bits per heavy atom. The Hall–Kier alpha value is -2.02. The average molecular weight is 289 g/mol. The largest absolute Gasteiger partial charge is 0.381 e. The van der Waals surface area contributed by atoms with Crippen molar-refractivity contribution >= 4 is 0 Å². The Labute approximate surface area is 122 Å². The standard InChI is InChI=1S/C14H19N5O2/c1-10-7-11(2)19(14(20)15-10)5-4-18-8-13(16-17-18)12-3-6-21-9-12/h7-8,12H,3-6,9H2,1-2H3/t12-/m0/s1. The van der Waals surface area contributed by atoms with Crippen molar-refractivity contribution in [2.75, 3.05) is 13.2 Å². The SMILES string of the molecule is Cc1cc(C)n(CCn2cc([C@H]3CCOC3)nn2)c(=O)n1. The van der Waals surface area contributed by atoms with Crippen molar-refractivity contribution in [1.82, 2.24) is 24.5 Å². The lowest BCUT2D eigenvalue weighted by molar-refractivity contribution is 0.193. The fourth-order valence-electron chi connectivity index (χ4n) is 2.63. The van der Waals surface area contributed by atoms with Gasteiger partial charge in [0.1, 0.15) is 0 Å². The number of hydrogen-bond donors (Lipinski definition) is 0. The van der Waals surface area contributed by atoms with Crippen LogP contribution in [0.25, 0.3) is 0 Å². The Bertz CT molecular complexity index is 685. The first kappa shape index (κ1) is 13.9. The van der Waals surface area contributed by atoms with Gasteiger partial charge in [0.2, 0.25) is 0 Å². The second-order valence-electron chi connectivity index (χ2n) is 5.44. The third-order valence-electron chi connectivity index (χ3n) is 3.80. The van der Waals surface area contributed by atoms with Crippen molar-refractivity contribution in [2.24, 2.45) is 0 Å². The van der Waals surface area contributed by atoms with Crippen LogP contribution in [-0.2, 0) is 17.8 Å². The Balaban J connectivity index is 1.69. The summed E-state index contributed by atoms with van der Waals surface area (Å²) in [5.74, 6) is 0.351. The summed E-state index contributed by atoms with van der Waals surface area (Å²) in [6.45, 7) is 6.40. The van der Waals surface area contributed by atoms with Crippen LogP contribution in [0.3, 0.4) is 0 Å². The third kappa shape index (κ3) is 3.02. The van der Waals surface area contributed by atoms with Crippen LogP contribution >= 0.6 is 0 Å². The molecule has 7 nitrogen and oxygen atoms in total. The molecular weight excluding hydrogens is 270 g/mol. The van der Waals surface area contributed by atoms with Crippen molar-refractivity contribution in [3.8, 4) is 0 Å². The zero-order chi connectivity index (χ0) is 14.8. The first-order valence-electron chi connectivity index (χ1n) is 7.16. The Morgan fingerprint density at radius 1 is 1.38 bits per heavy atom. The average Bonchev–Trinajstić information content (AvgIpc) is 3.08. The maximum atomic E-state index is 11.9. The highest BCUT2D eigenvalue weighted by atomic mass is 16.5. The minimum Gasteiger partial charge on any atom is -0.381 e. The topological polar surface area (TPSA) is 74.8 Å². The van der Waals surface area contributed by atoms with E-state index in [1.165, 1.54) is 0 Å². The van der Waals surface area contributed by atoms with Gasteiger partial charge in [-0.25, -0.2) is 4.79 Å². The van der Waals surface area contributed by atoms with Gasteiger partial charge in [-0.05, 0) is 26.3 Å². The molecule has 1 atom stereocenters. The van der Waals surface area contributed by atoms with E-state index >= 15 is 0 Å². The number of aryl methyl sites for hydroxylation is 3. The van der Waals surface area contributed by atoms with E-state index < -0.39 is 0 Å². The first-order chi connectivity index (χ1) is 10.1. The van der Waals surface area contributed by atoms with Gasteiger partial charge in [0.15, 0.2) is 0 Å². The lowest BCUT2D eigenvalue weighted by Crippen LogP contribution is -2.27. The number of nitrogens with zero attached hydrogens (tertiary/aromatic N) is 5. The van der Waals surface area contributed by atoms with E-state index in [9.17, 15) is 4.79 Å². The molecule has 112 valence electrons. The van der Waals surface area contributed by atoms with Crippen LogP contribution in [0.1, 0.15) is 29.4 Å². The van der Waals surface area contributed by atoms with Gasteiger partial charge in [0.25, 0.3) is 0 Å². The van der Waals surface area contributed by atoms with E-state index in [1.54, 1.807) is 9.25 Å². The van der Waals surface area contributed by atoms with Crippen molar-refractivity contribution in [3.05, 3.63) is 39.8 Å². The summed E-state index contributed by atoms with van der Waals surface area (Å²) < 4.78 is 8.80. The fourth-order valence-corrected chi connectivity index (χ4v) is 2.63. The highest BCUT2D eigenvalue weighted by Crippen LogP contribution is 2.22. The molecule has 0 spiro atoms. The second-order valence-corrected chi connectivity index (χ2v) is 5.44. The van der Waals surface area contributed by atoms with E-state index in [2.05, 4.69) is 15.3 Å². The molecule has 1 aliphatic heterocycles. The molecule has 0 unspecified atom stereocenters. The van der Waals surface area contributed by atoms with Gasteiger partial charge >= 0.3 is 5.69 Å². The van der Waals surface area contributed by atoms with Crippen LogP contribution in [0.4, 0.5) is 0 Å². The number of aromatic nitrogens is 5. The van der Waals surface area contributed by atoms with Gasteiger partial charge in [-0.2, -0.15) is 4.98 Å². The first-order valence-corrected chi connectivity index (χ1v) is 7.16. The van der Waals surface area contributed by atoms with Crippen molar-refractivity contribution in [3.63, 3.8) is 0 Å². The van der Waals surface area contributed by atoms with E-state index in [-0.39, 0.29) is 5.69 Å². The zero-order valence-electron chi connectivity index (χ0n) is 12.3. The van der Waals surface area contributed by atoms with Crippen LogP contribution in [0.2, 0.25) is 0 Å². The maximum Gasteiger partial charge on any atom is 0.348 e. The van der Waals surface area contributed by atoms with Crippen LogP contribution in [-0.4, -0.2) is 37.8 Å². The van der Waals surface area contributed by atoms with Crippen molar-refractivity contribution in [2.45, 2.75) is 39.3 Å². The molecule has 1 fully saturated rings. The molecule has 7 heteroatoms. The smallest absolute Gasteiger partial charge is 0.348 e. The van der Waals surface area contributed by atoms with Crippen molar-refractivity contribution < 1.29 is 4.74 Å². The van der Waals surface area contributed by atoms with Gasteiger partial charge in [-0.15, -0.1) is 5.10 Å². The van der Waals surface area contributed by atoms with E-state index in [4.69, 9.17) is 4.74 Å². The molecule has 0 aromatic carbocycles. The minimum atomic E-state index is -0.211. The molecule has 1 saturated heterocycles. The highest BCUT2D eigenvalue weighted by molar-refractivity contribution is 5.06. The van der Waals surface area contributed by atoms with Crippen LogP contribution in [0.15, 0.2) is 17.1 Å². The van der Waals surface area contributed by atoms with Gasteiger partial charge in [-0.1, -0.05) is 5.21 Å². The van der Waals surface area contributed by atoms with Crippen LogP contribution < -0.4 is 5.69 Å². The molecular formula is C14H19N5O2. The monoisotopic (exact) mass is 289 g/mol. The molecule has 3 rings (SSSR count). The number of ether oxygens (including phenoxy) is 1. The third-order valence-corrected chi connectivity index (χ3v) is 3.80. The molecule has 21 heavy (non-hydrogen) atoms. The number of hydrogen-bond acceptors (Lipinski definition) is 5. The summed E-state index contributed by atoms with van der Waals surface area (Å²) in [6, 6.07) is 1.91. The second kappa shape index (κ2) is 5.77. The predicted molar refractivity (Wildman–Crippen MR) is 76.2 cm³/mol. The summed E-state index contributed by atoms with van der Waals surface area (Å²) in [5, 5.41) is 8.33. The van der Waals surface area contributed by atoms with Gasteiger partial charge in [-0.3, -0.25) is 9.25 Å². The molecule has 0 amide bonds. The zero-order valence-corrected chi connectivity index (χ0v) is 12.3. The van der Waals surface area contributed by atoms with Gasteiger partial charge in [0.05, 0.1) is 18.8 Å². The number of rotatable bonds is 4. The lowest BCUT2D eigenvalue weighted by Gasteiger charge is -2.09. The summed E-state index contributed by atoms with van der Waals surface area (Å²) in [6.07, 6.45) is 2.94. The molecule has 3 heterocycles. The van der Waals surface area contributed by atoms with Crippen molar-refractivity contribution in [1.29, 1.82) is 0 Å². The normalized spacial score (nSPS) is 18.3. The predicted octanol–water partition coefficient (Wildman–Crippen LogP) is 0.656. The Kier molecular flexibility index (Phi) is 3.83. The molecule has 0 radical (unpaired) electrons. The summed E-state index contributed by atoms with van der Waals surface area (Å²) in [5.41, 5.74) is 2.42. The molecule has 0 aliphatic carbocycles. The van der Waals surface area contributed by atoms with E-state index in [0.717, 1.165) is 36.7 Å². The molecule has 0 bridgehead atoms. The molecule has 1 aliphatic rings. The van der Waals surface area contributed by atoms with E-state index in [0.29, 0.717) is 19.0 Å². The fraction of sp³-hybridized carbons (Fsp3) is 0.571. The van der Waals surface area contributed by atoms with Crippen LogP contribution in [0, 0.1) is 13.8 Å². The molecule has 0 N–H and O–H groups in total. The Morgan fingerprint density at radius 2 is 2.24 bits per heavy atom. The molecule has 2 aromatic heterocycles.